The molecule has 2 aromatic rings. The van der Waals surface area contributed by atoms with Crippen molar-refractivity contribution in [1.82, 2.24) is 15.3 Å². The molecule has 6 heteroatoms. The number of ether oxygens (including phenoxy) is 1. The van der Waals surface area contributed by atoms with Gasteiger partial charge < -0.3 is 15.4 Å². The molecule has 0 saturated carbocycles. The zero-order valence-electron chi connectivity index (χ0n) is 13.7. The predicted octanol–water partition coefficient (Wildman–Crippen LogP) is 2.09. The molecule has 0 aliphatic rings. The van der Waals surface area contributed by atoms with E-state index in [0.29, 0.717) is 12.4 Å². The highest BCUT2D eigenvalue weighted by Gasteiger charge is 2.09. The Morgan fingerprint density at radius 3 is 2.65 bits per heavy atom. The van der Waals surface area contributed by atoms with Crippen molar-refractivity contribution in [3.8, 4) is 5.75 Å². The maximum Gasteiger partial charge on any atom is 0.239 e. The SMILES string of the molecule is Cc1cccc(C)c1OC[C@H](C)NCC(=O)Nc1cnccn1. The zero-order valence-corrected chi connectivity index (χ0v) is 13.7. The van der Waals surface area contributed by atoms with Crippen LogP contribution in [-0.4, -0.2) is 35.1 Å². The smallest absolute Gasteiger partial charge is 0.239 e. The quantitative estimate of drug-likeness (QED) is 0.818. The summed E-state index contributed by atoms with van der Waals surface area (Å²) in [6.07, 6.45) is 4.59. The van der Waals surface area contributed by atoms with E-state index < -0.39 is 0 Å². The number of carbonyl (C=O) groups excluding carboxylic acids is 1. The van der Waals surface area contributed by atoms with Crippen LogP contribution in [0.3, 0.4) is 0 Å². The van der Waals surface area contributed by atoms with E-state index in [-0.39, 0.29) is 18.5 Å². The molecule has 0 aliphatic carbocycles. The van der Waals surface area contributed by atoms with Crippen LogP contribution in [0.15, 0.2) is 36.8 Å². The molecule has 122 valence electrons. The fraction of sp³-hybridized carbons (Fsp3) is 0.353. The van der Waals surface area contributed by atoms with Crippen LogP contribution in [0, 0.1) is 13.8 Å². The third kappa shape index (κ3) is 5.34. The summed E-state index contributed by atoms with van der Waals surface area (Å²) < 4.78 is 5.86. The monoisotopic (exact) mass is 314 g/mol. The molecule has 0 aliphatic heterocycles. The molecule has 6 nitrogen and oxygen atoms in total. The van der Waals surface area contributed by atoms with E-state index in [9.17, 15) is 4.79 Å². The van der Waals surface area contributed by atoms with Gasteiger partial charge in [0.15, 0.2) is 5.82 Å². The molecule has 0 radical (unpaired) electrons. The molecule has 23 heavy (non-hydrogen) atoms. The van der Waals surface area contributed by atoms with Gasteiger partial charge in [-0.25, -0.2) is 4.98 Å². The summed E-state index contributed by atoms with van der Waals surface area (Å²) >= 11 is 0. The number of amides is 1. The zero-order chi connectivity index (χ0) is 16.7. The number of hydrogen-bond acceptors (Lipinski definition) is 5. The Balaban J connectivity index is 1.75. The van der Waals surface area contributed by atoms with Gasteiger partial charge in [0.05, 0.1) is 12.7 Å². The van der Waals surface area contributed by atoms with E-state index in [1.54, 1.807) is 6.20 Å². The van der Waals surface area contributed by atoms with Gasteiger partial charge in [-0.2, -0.15) is 0 Å². The first kappa shape index (κ1) is 16.9. The largest absolute Gasteiger partial charge is 0.491 e. The fourth-order valence-electron chi connectivity index (χ4n) is 2.11. The minimum Gasteiger partial charge on any atom is -0.491 e. The molecular formula is C17H22N4O2. The van der Waals surface area contributed by atoms with Crippen LogP contribution in [0.2, 0.25) is 0 Å². The number of anilines is 1. The summed E-state index contributed by atoms with van der Waals surface area (Å²) in [5, 5.41) is 5.80. The van der Waals surface area contributed by atoms with Crippen molar-refractivity contribution < 1.29 is 9.53 Å². The molecule has 0 saturated heterocycles. The highest BCUT2D eigenvalue weighted by atomic mass is 16.5. The van der Waals surface area contributed by atoms with E-state index in [0.717, 1.165) is 16.9 Å². The Bertz CT molecular complexity index is 626. The Hall–Kier alpha value is -2.47. The number of nitrogens with one attached hydrogen (secondary N) is 2. The summed E-state index contributed by atoms with van der Waals surface area (Å²) in [5.41, 5.74) is 2.22. The number of carbonyl (C=O) groups is 1. The number of aryl methyl sites for hydroxylation is 2. The number of benzene rings is 1. The Morgan fingerprint density at radius 1 is 1.26 bits per heavy atom. The average Bonchev–Trinajstić information content (AvgIpc) is 2.53. The van der Waals surface area contributed by atoms with Crippen LogP contribution in [-0.2, 0) is 4.79 Å². The second kappa shape index (κ2) is 8.24. The van der Waals surface area contributed by atoms with Crippen molar-refractivity contribution in [3.05, 3.63) is 47.9 Å². The topological polar surface area (TPSA) is 76.1 Å². The highest BCUT2D eigenvalue weighted by molar-refractivity contribution is 5.91. The number of rotatable bonds is 7. The standard InChI is InChI=1S/C17H22N4O2/c1-12-5-4-6-13(2)17(12)23-11-14(3)20-10-16(22)21-15-9-18-7-8-19-15/h4-9,14,20H,10-11H2,1-3H3,(H,19,21,22)/t14-/m0/s1. The predicted molar refractivity (Wildman–Crippen MR) is 89.5 cm³/mol. The number of aromatic nitrogens is 2. The van der Waals surface area contributed by atoms with E-state index in [1.165, 1.54) is 12.4 Å². The average molecular weight is 314 g/mol. The molecule has 2 N–H and O–H groups in total. The Labute approximate surface area is 136 Å². The van der Waals surface area contributed by atoms with Gasteiger partial charge in [-0.3, -0.25) is 9.78 Å². The lowest BCUT2D eigenvalue weighted by molar-refractivity contribution is -0.115. The molecule has 0 bridgehead atoms. The van der Waals surface area contributed by atoms with Crippen LogP contribution >= 0.6 is 0 Å². The molecule has 1 aromatic carbocycles. The molecule has 1 aromatic heterocycles. The molecule has 1 amide bonds. The van der Waals surface area contributed by atoms with E-state index >= 15 is 0 Å². The molecule has 0 unspecified atom stereocenters. The van der Waals surface area contributed by atoms with Crippen molar-refractivity contribution in [2.24, 2.45) is 0 Å². The molecule has 1 atom stereocenters. The number of para-hydroxylation sites is 1. The summed E-state index contributed by atoms with van der Waals surface area (Å²) in [6, 6.07) is 6.10. The van der Waals surface area contributed by atoms with Crippen molar-refractivity contribution in [3.63, 3.8) is 0 Å². The van der Waals surface area contributed by atoms with Gasteiger partial charge in [-0.05, 0) is 31.9 Å². The first-order chi connectivity index (χ1) is 11.1. The van der Waals surface area contributed by atoms with Crippen LogP contribution in [0.5, 0.6) is 5.75 Å². The van der Waals surface area contributed by atoms with Gasteiger partial charge in [0.25, 0.3) is 0 Å². The van der Waals surface area contributed by atoms with Crippen LogP contribution in [0.25, 0.3) is 0 Å². The maximum atomic E-state index is 11.8. The normalized spacial score (nSPS) is 11.8. The Morgan fingerprint density at radius 2 is 2.00 bits per heavy atom. The second-order valence-corrected chi connectivity index (χ2v) is 5.45. The molecule has 0 fully saturated rings. The van der Waals surface area contributed by atoms with E-state index in [1.807, 2.05) is 39.0 Å². The van der Waals surface area contributed by atoms with Crippen LogP contribution in [0.1, 0.15) is 18.1 Å². The summed E-state index contributed by atoms with van der Waals surface area (Å²) in [5.74, 6) is 1.19. The lowest BCUT2D eigenvalue weighted by Gasteiger charge is -2.17. The fourth-order valence-corrected chi connectivity index (χ4v) is 2.11. The highest BCUT2D eigenvalue weighted by Crippen LogP contribution is 2.22. The van der Waals surface area contributed by atoms with Gasteiger partial charge in [-0.1, -0.05) is 18.2 Å². The Kier molecular flexibility index (Phi) is 6.05. The van der Waals surface area contributed by atoms with Crippen LogP contribution < -0.4 is 15.4 Å². The van der Waals surface area contributed by atoms with Crippen LogP contribution in [0.4, 0.5) is 5.82 Å². The van der Waals surface area contributed by atoms with E-state index in [4.69, 9.17) is 4.74 Å². The number of hydrogen-bond donors (Lipinski definition) is 2. The molecule has 2 rings (SSSR count). The van der Waals surface area contributed by atoms with Gasteiger partial charge in [-0.15, -0.1) is 0 Å². The van der Waals surface area contributed by atoms with Crippen molar-refractivity contribution >= 4 is 11.7 Å². The summed E-state index contributed by atoms with van der Waals surface area (Å²) in [7, 11) is 0. The molecule has 0 spiro atoms. The van der Waals surface area contributed by atoms with Gasteiger partial charge >= 0.3 is 0 Å². The third-order valence-corrected chi connectivity index (χ3v) is 3.33. The molecule has 1 heterocycles. The lowest BCUT2D eigenvalue weighted by Crippen LogP contribution is -2.38. The minimum absolute atomic E-state index is 0.0432. The first-order valence-electron chi connectivity index (χ1n) is 7.54. The van der Waals surface area contributed by atoms with Crippen molar-refractivity contribution in [2.75, 3.05) is 18.5 Å². The van der Waals surface area contributed by atoms with E-state index in [2.05, 4.69) is 20.6 Å². The first-order valence-corrected chi connectivity index (χ1v) is 7.54. The lowest BCUT2D eigenvalue weighted by atomic mass is 10.1. The van der Waals surface area contributed by atoms with Gasteiger partial charge in [0.2, 0.25) is 5.91 Å². The minimum atomic E-state index is -0.163. The maximum absolute atomic E-state index is 11.8. The second-order valence-electron chi connectivity index (χ2n) is 5.45. The number of nitrogens with zero attached hydrogens (tertiary/aromatic N) is 2. The van der Waals surface area contributed by atoms with Gasteiger partial charge in [0.1, 0.15) is 12.4 Å². The van der Waals surface area contributed by atoms with Gasteiger partial charge in [0, 0.05) is 18.4 Å². The third-order valence-electron chi connectivity index (χ3n) is 3.33. The van der Waals surface area contributed by atoms with Crippen molar-refractivity contribution in [1.29, 1.82) is 0 Å². The van der Waals surface area contributed by atoms with Crippen molar-refractivity contribution in [2.45, 2.75) is 26.8 Å². The summed E-state index contributed by atoms with van der Waals surface area (Å²) in [4.78, 5) is 19.7. The summed E-state index contributed by atoms with van der Waals surface area (Å²) in [6.45, 7) is 6.70. The molecular weight excluding hydrogens is 292 g/mol.